The summed E-state index contributed by atoms with van der Waals surface area (Å²) in [5.41, 5.74) is 0. The van der Waals surface area contributed by atoms with Crippen molar-refractivity contribution >= 4 is 16.1 Å². The molecule has 2 aliphatic carbocycles. The monoisotopic (exact) mass is 334 g/mol. The molecular formula is C19H34OSi2. The first-order chi connectivity index (χ1) is 10.1. The minimum Gasteiger partial charge on any atom is -0.499 e. The summed E-state index contributed by atoms with van der Waals surface area (Å²) < 4.78 is 5.85. The molecule has 0 aliphatic heterocycles. The molecule has 0 spiro atoms. The Hall–Kier alpha value is -0.546. The van der Waals surface area contributed by atoms with Crippen LogP contribution in [0.15, 0.2) is 34.9 Å². The highest BCUT2D eigenvalue weighted by Gasteiger charge is 2.46. The van der Waals surface area contributed by atoms with Crippen molar-refractivity contribution in [2.45, 2.75) is 59.0 Å². The van der Waals surface area contributed by atoms with Crippen molar-refractivity contribution in [1.29, 1.82) is 0 Å². The van der Waals surface area contributed by atoms with Crippen LogP contribution in [0.5, 0.6) is 0 Å². The van der Waals surface area contributed by atoms with Gasteiger partial charge in [0.25, 0.3) is 0 Å². The van der Waals surface area contributed by atoms with Crippen molar-refractivity contribution in [2.24, 2.45) is 17.8 Å². The first kappa shape index (κ1) is 17.8. The summed E-state index contributed by atoms with van der Waals surface area (Å²) in [5, 5.41) is 3.73. The zero-order valence-electron chi connectivity index (χ0n) is 15.6. The van der Waals surface area contributed by atoms with Gasteiger partial charge in [-0.3, -0.25) is 0 Å². The van der Waals surface area contributed by atoms with Crippen LogP contribution in [0.3, 0.4) is 0 Å². The van der Waals surface area contributed by atoms with E-state index in [1.54, 1.807) is 0 Å². The van der Waals surface area contributed by atoms with E-state index in [1.165, 1.54) is 6.42 Å². The topological polar surface area (TPSA) is 9.23 Å². The van der Waals surface area contributed by atoms with Gasteiger partial charge < -0.3 is 4.74 Å². The fourth-order valence-electron chi connectivity index (χ4n) is 4.57. The molecule has 0 aromatic carbocycles. The lowest BCUT2D eigenvalue weighted by Crippen LogP contribution is -2.36. The van der Waals surface area contributed by atoms with Crippen LogP contribution in [0.1, 0.15) is 19.8 Å². The average molecular weight is 335 g/mol. The van der Waals surface area contributed by atoms with Crippen LogP contribution in [0, 0.1) is 17.8 Å². The third kappa shape index (κ3) is 3.35. The number of allylic oxidation sites excluding steroid dienone is 5. The van der Waals surface area contributed by atoms with Gasteiger partial charge in [0, 0.05) is 5.92 Å². The van der Waals surface area contributed by atoms with Crippen molar-refractivity contribution in [3.63, 3.8) is 0 Å². The third-order valence-corrected chi connectivity index (χ3v) is 9.91. The molecule has 0 fully saturated rings. The van der Waals surface area contributed by atoms with Crippen molar-refractivity contribution in [2.75, 3.05) is 6.61 Å². The van der Waals surface area contributed by atoms with Crippen LogP contribution >= 0.6 is 0 Å². The Bertz CT molecular complexity index is 503. The maximum atomic E-state index is 5.85. The lowest BCUT2D eigenvalue weighted by atomic mass is 9.88. The molecule has 0 saturated heterocycles. The SMILES string of the molecule is C=C(OCC)[C@H]1CC=C[C@H]2C[C@@H]1C([Si](C)(C)C)=C2[Si](C)(C)C. The van der Waals surface area contributed by atoms with Crippen molar-refractivity contribution in [1.82, 2.24) is 0 Å². The van der Waals surface area contributed by atoms with Crippen molar-refractivity contribution in [3.8, 4) is 0 Å². The fourth-order valence-corrected chi connectivity index (χ4v) is 11.6. The standard InChI is InChI=1S/C19H34OSi2/c1-9-20-14(2)16-12-10-11-15-13-17(16)19(22(6,7)8)18(15)21(3,4)5/h10-11,15-17H,2,9,12-13H2,1,3-8H3/t15-,16+,17-/m0/s1. The molecule has 0 amide bonds. The van der Waals surface area contributed by atoms with Gasteiger partial charge in [-0.1, -0.05) is 68.4 Å². The van der Waals surface area contributed by atoms with Crippen LogP contribution in [-0.2, 0) is 4.74 Å². The Balaban J connectivity index is 2.54. The smallest absolute Gasteiger partial charge is 0.0927 e. The molecule has 0 heterocycles. The highest BCUT2D eigenvalue weighted by molar-refractivity contribution is 6.89. The molecule has 0 aromatic rings. The van der Waals surface area contributed by atoms with Crippen LogP contribution in [0.2, 0.25) is 39.3 Å². The fraction of sp³-hybridized carbons (Fsp3) is 0.684. The van der Waals surface area contributed by atoms with Gasteiger partial charge in [0.15, 0.2) is 0 Å². The highest BCUT2D eigenvalue weighted by atomic mass is 28.3. The lowest BCUT2D eigenvalue weighted by molar-refractivity contribution is 0.175. The second-order valence-electron chi connectivity index (χ2n) is 8.95. The second-order valence-corrected chi connectivity index (χ2v) is 19.0. The van der Waals surface area contributed by atoms with Gasteiger partial charge in [-0.25, -0.2) is 0 Å². The molecule has 0 N–H and O–H groups in total. The van der Waals surface area contributed by atoms with Crippen LogP contribution in [0.25, 0.3) is 0 Å². The Kier molecular flexibility index (Phi) is 4.98. The van der Waals surface area contributed by atoms with Gasteiger partial charge in [0.2, 0.25) is 0 Å². The van der Waals surface area contributed by atoms with Gasteiger partial charge >= 0.3 is 0 Å². The van der Waals surface area contributed by atoms with Gasteiger partial charge in [-0.15, -0.1) is 0 Å². The number of ether oxygens (including phenoxy) is 1. The number of hydrogen-bond donors (Lipinski definition) is 0. The maximum absolute atomic E-state index is 5.85. The van der Waals surface area contributed by atoms with E-state index < -0.39 is 16.1 Å². The molecule has 0 radical (unpaired) electrons. The van der Waals surface area contributed by atoms with E-state index in [0.717, 1.165) is 18.8 Å². The molecule has 3 atom stereocenters. The summed E-state index contributed by atoms with van der Waals surface area (Å²) in [4.78, 5) is 0. The quantitative estimate of drug-likeness (QED) is 0.351. The summed E-state index contributed by atoms with van der Waals surface area (Å²) in [6, 6.07) is 0. The highest BCUT2D eigenvalue weighted by Crippen LogP contribution is 2.52. The molecule has 3 heteroatoms. The lowest BCUT2D eigenvalue weighted by Gasteiger charge is -2.35. The molecule has 2 aliphatic rings. The molecule has 22 heavy (non-hydrogen) atoms. The van der Waals surface area contributed by atoms with E-state index in [9.17, 15) is 0 Å². The predicted molar refractivity (Wildman–Crippen MR) is 103 cm³/mol. The van der Waals surface area contributed by atoms with Gasteiger partial charge in [0.1, 0.15) is 0 Å². The van der Waals surface area contributed by atoms with E-state index in [-0.39, 0.29) is 0 Å². The van der Waals surface area contributed by atoms with Crippen LogP contribution < -0.4 is 0 Å². The number of fused-ring (bicyclic) bond motifs is 2. The van der Waals surface area contributed by atoms with Gasteiger partial charge in [0.05, 0.1) is 28.5 Å². The molecular weight excluding hydrogens is 300 g/mol. The third-order valence-electron chi connectivity index (χ3n) is 5.14. The van der Waals surface area contributed by atoms with Crippen LogP contribution in [-0.4, -0.2) is 22.8 Å². The Labute approximate surface area is 139 Å². The zero-order chi connectivity index (χ0) is 16.7. The number of rotatable bonds is 5. The molecule has 0 unspecified atom stereocenters. The predicted octanol–water partition coefficient (Wildman–Crippen LogP) is 5.80. The summed E-state index contributed by atoms with van der Waals surface area (Å²) in [6.45, 7) is 22.3. The summed E-state index contributed by atoms with van der Waals surface area (Å²) >= 11 is 0. The van der Waals surface area contributed by atoms with E-state index in [4.69, 9.17) is 4.74 Å². The summed E-state index contributed by atoms with van der Waals surface area (Å²) in [6.07, 6.45) is 7.31. The number of hydrogen-bond acceptors (Lipinski definition) is 1. The van der Waals surface area contributed by atoms with Gasteiger partial charge in [-0.2, -0.15) is 0 Å². The first-order valence-corrected chi connectivity index (χ1v) is 15.8. The summed E-state index contributed by atoms with van der Waals surface area (Å²) in [5.74, 6) is 2.87. The summed E-state index contributed by atoms with van der Waals surface area (Å²) in [7, 11) is -2.63. The van der Waals surface area contributed by atoms with E-state index in [1.807, 2.05) is 10.4 Å². The molecule has 2 bridgehead atoms. The molecule has 124 valence electrons. The van der Waals surface area contributed by atoms with Crippen molar-refractivity contribution < 1.29 is 4.74 Å². The Morgan fingerprint density at radius 3 is 2.23 bits per heavy atom. The van der Waals surface area contributed by atoms with E-state index in [2.05, 4.69) is 64.9 Å². The zero-order valence-corrected chi connectivity index (χ0v) is 17.6. The Morgan fingerprint density at radius 2 is 1.73 bits per heavy atom. The largest absolute Gasteiger partial charge is 0.499 e. The molecule has 0 saturated carbocycles. The molecule has 0 aromatic heterocycles. The van der Waals surface area contributed by atoms with Gasteiger partial charge in [-0.05, 0) is 31.6 Å². The molecule has 1 nitrogen and oxygen atoms in total. The maximum Gasteiger partial charge on any atom is 0.0927 e. The van der Waals surface area contributed by atoms with Crippen molar-refractivity contribution in [3.05, 3.63) is 34.9 Å². The minimum atomic E-state index is -1.33. The Morgan fingerprint density at radius 1 is 1.14 bits per heavy atom. The average Bonchev–Trinajstić information content (AvgIpc) is 2.59. The second kappa shape index (κ2) is 6.16. The first-order valence-electron chi connectivity index (χ1n) is 8.80. The normalized spacial score (nSPS) is 28.8. The van der Waals surface area contributed by atoms with E-state index >= 15 is 0 Å². The minimum absolute atomic E-state index is 0.483. The molecule has 2 rings (SSSR count). The van der Waals surface area contributed by atoms with Crippen LogP contribution in [0.4, 0.5) is 0 Å². The van der Waals surface area contributed by atoms with E-state index in [0.29, 0.717) is 17.8 Å².